The Bertz CT molecular complexity index is 1010. The number of carbonyl (C=O) groups excluding carboxylic acids is 3. The lowest BCUT2D eigenvalue weighted by Crippen LogP contribution is -2.57. The molecular formula is C38H73NO12. The van der Waals surface area contributed by atoms with Crippen molar-refractivity contribution in [2.24, 2.45) is 11.8 Å². The van der Waals surface area contributed by atoms with Crippen LogP contribution in [0.4, 0.5) is 0 Å². The summed E-state index contributed by atoms with van der Waals surface area (Å²) in [5.74, 6) is -1.18. The zero-order valence-electron chi connectivity index (χ0n) is 34.1. The summed E-state index contributed by atoms with van der Waals surface area (Å²) in [4.78, 5) is 37.1. The highest BCUT2D eigenvalue weighted by molar-refractivity contribution is 5.96. The van der Waals surface area contributed by atoms with Crippen molar-refractivity contribution in [1.29, 1.82) is 0 Å². The van der Waals surface area contributed by atoms with Gasteiger partial charge in [0.15, 0.2) is 24.5 Å². The number of allylic oxidation sites excluding steroid dienone is 1. The average molecular weight is 736 g/mol. The van der Waals surface area contributed by atoms with E-state index in [-0.39, 0.29) is 55.4 Å². The Morgan fingerprint density at radius 1 is 1.02 bits per heavy atom. The maximum Gasteiger partial charge on any atom is 0.308 e. The first-order chi connectivity index (χ1) is 23.6. The fourth-order valence-corrected chi connectivity index (χ4v) is 5.85. The predicted octanol–water partition coefficient (Wildman–Crippen LogP) is 4.55. The van der Waals surface area contributed by atoms with E-state index in [1.807, 2.05) is 48.7 Å². The Morgan fingerprint density at radius 3 is 2.08 bits per heavy atom. The van der Waals surface area contributed by atoms with E-state index in [9.17, 15) is 29.7 Å². The van der Waals surface area contributed by atoms with E-state index in [2.05, 4.69) is 4.90 Å². The summed E-state index contributed by atoms with van der Waals surface area (Å²) in [5.41, 5.74) is -1.60. The number of carbonyl (C=O) groups is 3. The quantitative estimate of drug-likeness (QED) is 0.144. The fourth-order valence-electron chi connectivity index (χ4n) is 5.85. The Hall–Kier alpha value is -1.97. The number of aliphatic hydroxyl groups is 4. The lowest BCUT2D eigenvalue weighted by molar-refractivity contribution is -0.269. The van der Waals surface area contributed by atoms with Gasteiger partial charge >= 0.3 is 11.9 Å². The first-order valence-electron chi connectivity index (χ1n) is 18.4. The average Bonchev–Trinajstić information content (AvgIpc) is 3.04. The van der Waals surface area contributed by atoms with Crippen LogP contribution in [-0.2, 0) is 38.1 Å². The molecular weight excluding hydrogens is 662 g/mol. The number of Topliss-reactive ketones (excluding diaryl/α,β-unsaturated/α-hetero) is 1. The molecule has 2 aliphatic heterocycles. The van der Waals surface area contributed by atoms with Gasteiger partial charge in [-0.05, 0) is 86.0 Å². The molecule has 2 heterocycles. The summed E-state index contributed by atoms with van der Waals surface area (Å²) in [7, 11) is 5.60. The van der Waals surface area contributed by atoms with Crippen LogP contribution in [0.1, 0.15) is 121 Å². The number of methoxy groups -OCH3 is 1. The molecule has 2 aliphatic rings. The van der Waals surface area contributed by atoms with Gasteiger partial charge in [0.05, 0.1) is 18.1 Å². The number of rotatable bonds is 14. The minimum atomic E-state index is -1.38. The molecule has 0 aliphatic carbocycles. The zero-order valence-corrected chi connectivity index (χ0v) is 34.1. The largest absolute Gasteiger partial charge is 0.462 e. The number of hydrogen-bond acceptors (Lipinski definition) is 13. The van der Waals surface area contributed by atoms with E-state index >= 15 is 0 Å². The van der Waals surface area contributed by atoms with Crippen molar-refractivity contribution in [3.05, 3.63) is 11.6 Å². The van der Waals surface area contributed by atoms with E-state index in [0.717, 1.165) is 25.7 Å². The van der Waals surface area contributed by atoms with Crippen LogP contribution in [0.3, 0.4) is 0 Å². The maximum atomic E-state index is 12.2. The highest BCUT2D eigenvalue weighted by Gasteiger charge is 2.47. The minimum absolute atomic E-state index is 0.00904. The molecule has 13 nitrogen and oxygen atoms in total. The van der Waals surface area contributed by atoms with Gasteiger partial charge in [-0.15, -0.1) is 0 Å². The maximum absolute atomic E-state index is 12.2. The molecule has 6 unspecified atom stereocenters. The summed E-state index contributed by atoms with van der Waals surface area (Å²) >= 11 is 0. The Labute approximate surface area is 308 Å². The molecule has 0 aromatic carbocycles. The summed E-state index contributed by atoms with van der Waals surface area (Å²) in [6, 6.07) is 0.466. The molecule has 0 spiro atoms. The van der Waals surface area contributed by atoms with Crippen LogP contribution >= 0.6 is 0 Å². The molecule has 4 N–H and O–H groups in total. The smallest absolute Gasteiger partial charge is 0.308 e. The molecule has 2 fully saturated rings. The van der Waals surface area contributed by atoms with Crippen LogP contribution in [0.15, 0.2) is 11.6 Å². The van der Waals surface area contributed by atoms with Crippen molar-refractivity contribution < 1.29 is 58.5 Å². The summed E-state index contributed by atoms with van der Waals surface area (Å²) in [6.07, 6.45) is 4.18. The van der Waals surface area contributed by atoms with Gasteiger partial charge in [-0.3, -0.25) is 14.4 Å². The van der Waals surface area contributed by atoms with E-state index in [0.29, 0.717) is 24.5 Å². The van der Waals surface area contributed by atoms with Crippen molar-refractivity contribution in [1.82, 2.24) is 4.90 Å². The van der Waals surface area contributed by atoms with Crippen molar-refractivity contribution in [2.75, 3.05) is 34.4 Å². The van der Waals surface area contributed by atoms with Gasteiger partial charge in [-0.25, -0.2) is 0 Å². The molecule has 0 aromatic heterocycles. The van der Waals surface area contributed by atoms with Crippen LogP contribution in [0.2, 0.25) is 0 Å². The van der Waals surface area contributed by atoms with E-state index in [1.54, 1.807) is 27.7 Å². The van der Waals surface area contributed by atoms with Gasteiger partial charge in [-0.1, -0.05) is 41.0 Å². The third kappa shape index (κ3) is 20.8. The molecule has 2 saturated heterocycles. The molecule has 0 saturated carbocycles. The second-order valence-electron chi connectivity index (χ2n) is 14.2. The Balaban J connectivity index is 0. The Kier molecular flexibility index (Phi) is 26.0. The van der Waals surface area contributed by atoms with Crippen molar-refractivity contribution in [3.63, 3.8) is 0 Å². The molecule has 0 bridgehead atoms. The van der Waals surface area contributed by atoms with Crippen molar-refractivity contribution in [2.45, 2.75) is 169 Å². The van der Waals surface area contributed by atoms with Crippen LogP contribution in [-0.4, -0.2) is 126 Å². The normalized spacial score (nSPS) is 28.6. The molecule has 2 rings (SSSR count). The number of esters is 2. The molecule has 302 valence electrons. The summed E-state index contributed by atoms with van der Waals surface area (Å²) in [6.45, 7) is 19.5. The van der Waals surface area contributed by atoms with E-state index < -0.39 is 35.9 Å². The highest BCUT2D eigenvalue weighted by atomic mass is 16.6. The first kappa shape index (κ1) is 51.1. The molecule has 51 heavy (non-hydrogen) atoms. The monoisotopic (exact) mass is 736 g/mol. The number of aliphatic hydroxyl groups excluding tert-OH is 3. The molecule has 0 radical (unpaired) electrons. The van der Waals surface area contributed by atoms with Gasteiger partial charge in [0, 0.05) is 45.4 Å². The van der Waals surface area contributed by atoms with Crippen LogP contribution in [0.25, 0.3) is 0 Å². The topological polar surface area (TPSA) is 182 Å². The number of hydrogen-bond donors (Lipinski definition) is 4. The standard InChI is InChI=1S/C18H32O5.C10H18O5.C8H17NO2.C2H6/c1-6-8-13(2)16(20)15(4)11-18(5,22)12-23-17(21)14(3)9-7-10-19;1-6-9(15-7(2)11)10(3,13-4)5-8(12)14-6;1-6-4-7(9(2)3)5-8(10)11-6;1-2/h11,13-14,19,22H,6-10,12H2,1-5H3;6,8-9,12H,5H2,1-4H3;6-8,10H,4-5H2,1-3H3;1-2H3/b15-11+;;;/t13-,14?,18+;6-,8?,9?,10+;;/m10../s1. The number of nitrogens with zero attached hydrogens (tertiary/aromatic N) is 1. The molecule has 10 atom stereocenters. The summed E-state index contributed by atoms with van der Waals surface area (Å²) < 4.78 is 26.0. The van der Waals surface area contributed by atoms with Gasteiger partial charge in [0.1, 0.15) is 17.8 Å². The SMILES string of the molecule is CC.CC1CC(N(C)C)CC(O)O1.CCC[C@@H](C)C(=O)/C(C)=C/[C@](C)(O)COC(=O)C(C)CCCO.CO[C@]1(C)CC(O)O[C@@H](C)C1OC(C)=O. The third-order valence-electron chi connectivity index (χ3n) is 8.73. The molecule has 0 aromatic rings. The molecule has 0 amide bonds. The Morgan fingerprint density at radius 2 is 1.61 bits per heavy atom. The lowest BCUT2D eigenvalue weighted by atomic mass is 9.88. The first-order valence-corrected chi connectivity index (χ1v) is 18.4. The van der Waals surface area contributed by atoms with Crippen molar-refractivity contribution in [3.8, 4) is 0 Å². The lowest BCUT2D eigenvalue weighted by Gasteiger charge is -2.44. The van der Waals surface area contributed by atoms with Gasteiger partial charge in [0.2, 0.25) is 0 Å². The van der Waals surface area contributed by atoms with Gasteiger partial charge in [0.25, 0.3) is 0 Å². The zero-order chi connectivity index (χ0) is 40.1. The van der Waals surface area contributed by atoms with Crippen LogP contribution < -0.4 is 0 Å². The van der Waals surface area contributed by atoms with E-state index in [1.165, 1.54) is 27.0 Å². The van der Waals surface area contributed by atoms with Crippen LogP contribution in [0.5, 0.6) is 0 Å². The van der Waals surface area contributed by atoms with Gasteiger partial charge < -0.3 is 49.0 Å². The van der Waals surface area contributed by atoms with Crippen molar-refractivity contribution >= 4 is 17.7 Å². The summed E-state index contributed by atoms with van der Waals surface area (Å²) in [5, 5.41) is 37.8. The second kappa shape index (κ2) is 25.9. The second-order valence-corrected chi connectivity index (χ2v) is 14.2. The molecule has 13 heteroatoms. The minimum Gasteiger partial charge on any atom is -0.462 e. The highest BCUT2D eigenvalue weighted by Crippen LogP contribution is 2.33. The fraction of sp³-hybridized carbons (Fsp3) is 0.868. The number of ketones is 1. The van der Waals surface area contributed by atoms with Gasteiger partial charge in [-0.2, -0.15) is 0 Å². The third-order valence-corrected chi connectivity index (χ3v) is 8.73. The van der Waals surface area contributed by atoms with Crippen LogP contribution in [0, 0.1) is 11.8 Å². The predicted molar refractivity (Wildman–Crippen MR) is 197 cm³/mol. The van der Waals surface area contributed by atoms with E-state index in [4.69, 9.17) is 28.8 Å². The number of ether oxygens (including phenoxy) is 5.